The maximum absolute atomic E-state index is 4.68. The quantitative estimate of drug-likeness (QED) is 0.493. The molecule has 0 spiro atoms. The van der Waals surface area contributed by atoms with Gasteiger partial charge in [-0.05, 0) is 39.7 Å². The van der Waals surface area contributed by atoms with Crippen LogP contribution in [0.1, 0.15) is 11.3 Å². The smallest absolute Gasteiger partial charge is 0.234 e. The summed E-state index contributed by atoms with van der Waals surface area (Å²) in [6.45, 7) is 1.52. The Morgan fingerprint density at radius 3 is 2.32 bits per heavy atom. The van der Waals surface area contributed by atoms with E-state index >= 15 is 0 Å². The molecule has 2 aromatic heterocycles. The highest BCUT2D eigenvalue weighted by atomic mass is 79.9. The highest BCUT2D eigenvalue weighted by Crippen LogP contribution is 2.24. The van der Waals surface area contributed by atoms with Crippen LogP contribution in [0.4, 0.5) is 5.69 Å². The Morgan fingerprint density at radius 2 is 1.60 bits per heavy atom. The van der Waals surface area contributed by atoms with Gasteiger partial charge in [-0.25, -0.2) is 9.97 Å². The molecule has 4 aromatic rings. The van der Waals surface area contributed by atoms with Crippen LogP contribution in [-0.2, 0) is 13.1 Å². The molecule has 0 aliphatic heterocycles. The summed E-state index contributed by atoms with van der Waals surface area (Å²) in [6.07, 6.45) is 3.73. The van der Waals surface area contributed by atoms with E-state index in [2.05, 4.69) is 79.3 Å². The molecule has 0 aliphatic carbocycles. The van der Waals surface area contributed by atoms with Crippen molar-refractivity contribution in [1.29, 1.82) is 0 Å². The third-order valence-electron chi connectivity index (χ3n) is 4.09. The second-order valence-corrected chi connectivity index (χ2v) is 6.57. The van der Waals surface area contributed by atoms with Crippen molar-refractivity contribution in [2.45, 2.75) is 13.1 Å². The van der Waals surface area contributed by atoms with Gasteiger partial charge in [0.1, 0.15) is 4.60 Å². The summed E-state index contributed by atoms with van der Waals surface area (Å²) in [5.41, 5.74) is 3.41. The van der Waals surface area contributed by atoms with Gasteiger partial charge in [0, 0.05) is 24.6 Å². The zero-order valence-corrected chi connectivity index (χ0v) is 15.2. The first-order chi connectivity index (χ1) is 12.3. The topological polar surface area (TPSA) is 33.4 Å². The molecule has 0 unspecified atom stereocenters. The summed E-state index contributed by atoms with van der Waals surface area (Å²) < 4.78 is 2.91. The highest BCUT2D eigenvalue weighted by Gasteiger charge is 2.15. The Kier molecular flexibility index (Phi) is 4.48. The molecule has 0 atom stereocenters. The zero-order chi connectivity index (χ0) is 17.1. The van der Waals surface area contributed by atoms with Gasteiger partial charge >= 0.3 is 0 Å². The molecule has 4 nitrogen and oxygen atoms in total. The van der Waals surface area contributed by atoms with Crippen molar-refractivity contribution in [2.75, 3.05) is 4.90 Å². The lowest BCUT2D eigenvalue weighted by molar-refractivity contribution is 0.782. The van der Waals surface area contributed by atoms with Crippen LogP contribution in [0.15, 0.2) is 83.7 Å². The Labute approximate surface area is 154 Å². The van der Waals surface area contributed by atoms with E-state index in [0.29, 0.717) is 12.3 Å². The maximum atomic E-state index is 4.68. The Hall–Kier alpha value is -2.66. The number of imidazole rings is 1. The molecule has 2 aromatic carbocycles. The van der Waals surface area contributed by atoms with Crippen molar-refractivity contribution < 1.29 is 0 Å². The van der Waals surface area contributed by atoms with Crippen LogP contribution < -0.4 is 4.90 Å². The first-order valence-electron chi connectivity index (χ1n) is 8.12. The summed E-state index contributed by atoms with van der Waals surface area (Å²) >= 11 is 3.67. The molecule has 5 heteroatoms. The van der Waals surface area contributed by atoms with Gasteiger partial charge in [0.05, 0.1) is 12.2 Å². The number of nitrogens with zero attached hydrogens (tertiary/aromatic N) is 4. The molecule has 0 saturated carbocycles. The monoisotopic (exact) mass is 392 g/mol. The molecule has 0 amide bonds. The van der Waals surface area contributed by atoms with Gasteiger partial charge in [-0.2, -0.15) is 0 Å². The molecular formula is C20H17BrN4. The van der Waals surface area contributed by atoms with Crippen molar-refractivity contribution in [3.63, 3.8) is 0 Å². The lowest BCUT2D eigenvalue weighted by Gasteiger charge is -2.24. The molecule has 0 aliphatic rings. The molecule has 0 fully saturated rings. The fourth-order valence-corrected chi connectivity index (χ4v) is 3.36. The van der Waals surface area contributed by atoms with Crippen LogP contribution in [0, 0.1) is 0 Å². The third kappa shape index (κ3) is 3.42. The first-order valence-corrected chi connectivity index (χ1v) is 8.92. The Morgan fingerprint density at radius 1 is 0.880 bits per heavy atom. The molecule has 124 valence electrons. The lowest BCUT2D eigenvalue weighted by atomic mass is 10.2. The predicted octanol–water partition coefficient (Wildman–Crippen LogP) is 4.70. The van der Waals surface area contributed by atoms with E-state index in [1.165, 1.54) is 11.3 Å². The molecule has 2 heterocycles. The van der Waals surface area contributed by atoms with E-state index in [1.807, 2.05) is 28.8 Å². The number of aromatic nitrogens is 3. The largest absolute Gasteiger partial charge is 0.361 e. The zero-order valence-electron chi connectivity index (χ0n) is 13.6. The normalized spacial score (nSPS) is 10.9. The molecule has 4 rings (SSSR count). The van der Waals surface area contributed by atoms with Gasteiger partial charge in [-0.3, -0.25) is 4.40 Å². The van der Waals surface area contributed by atoms with Gasteiger partial charge in [0.2, 0.25) is 5.78 Å². The molecule has 25 heavy (non-hydrogen) atoms. The van der Waals surface area contributed by atoms with Crippen LogP contribution in [-0.4, -0.2) is 14.4 Å². The number of rotatable bonds is 5. The lowest BCUT2D eigenvalue weighted by Crippen LogP contribution is -2.22. The van der Waals surface area contributed by atoms with Crippen molar-refractivity contribution in [1.82, 2.24) is 14.4 Å². The van der Waals surface area contributed by atoms with E-state index in [9.17, 15) is 0 Å². The van der Waals surface area contributed by atoms with Gasteiger partial charge < -0.3 is 4.90 Å². The fourth-order valence-electron chi connectivity index (χ4n) is 2.87. The van der Waals surface area contributed by atoms with E-state index in [0.717, 1.165) is 16.8 Å². The maximum Gasteiger partial charge on any atom is 0.234 e. The predicted molar refractivity (Wildman–Crippen MR) is 103 cm³/mol. The van der Waals surface area contributed by atoms with Gasteiger partial charge in [0.25, 0.3) is 0 Å². The van der Waals surface area contributed by atoms with E-state index in [1.54, 1.807) is 6.20 Å². The number of hydrogen-bond donors (Lipinski definition) is 0. The Bertz CT molecular complexity index is 967. The van der Waals surface area contributed by atoms with Crippen molar-refractivity contribution >= 4 is 27.4 Å². The average molecular weight is 393 g/mol. The second kappa shape index (κ2) is 7.07. The van der Waals surface area contributed by atoms with E-state index < -0.39 is 0 Å². The average Bonchev–Trinajstić information content (AvgIpc) is 2.99. The minimum atomic E-state index is 0.697. The Balaban J connectivity index is 1.69. The number of para-hydroxylation sites is 1. The third-order valence-corrected chi connectivity index (χ3v) is 4.93. The number of hydrogen-bond acceptors (Lipinski definition) is 3. The first kappa shape index (κ1) is 15.8. The minimum absolute atomic E-state index is 0.697. The summed E-state index contributed by atoms with van der Waals surface area (Å²) in [7, 11) is 0. The summed E-state index contributed by atoms with van der Waals surface area (Å²) in [5.74, 6) is 0.706. The van der Waals surface area contributed by atoms with Crippen molar-refractivity contribution in [3.05, 3.63) is 95.0 Å². The van der Waals surface area contributed by atoms with Crippen LogP contribution in [0.2, 0.25) is 0 Å². The second-order valence-electron chi connectivity index (χ2n) is 5.82. The minimum Gasteiger partial charge on any atom is -0.361 e. The fraction of sp³-hybridized carbons (Fsp3) is 0.100. The molecule has 0 N–H and O–H groups in total. The molecular weight excluding hydrogens is 376 g/mol. The SMILES string of the molecule is Brc1c(CN(Cc2ccccc2)c2ccccc2)nc2ncccn12. The van der Waals surface area contributed by atoms with Crippen molar-refractivity contribution in [3.8, 4) is 0 Å². The summed E-state index contributed by atoms with van der Waals surface area (Å²) in [6, 6.07) is 22.8. The summed E-state index contributed by atoms with van der Waals surface area (Å²) in [5, 5.41) is 0. The number of halogens is 1. The standard InChI is InChI=1S/C20H17BrN4/c21-19-18(23-20-22-12-7-13-25(19)20)15-24(17-10-5-2-6-11-17)14-16-8-3-1-4-9-16/h1-13H,14-15H2. The molecule has 0 radical (unpaired) electrons. The van der Waals surface area contributed by atoms with Gasteiger partial charge in [-0.15, -0.1) is 0 Å². The van der Waals surface area contributed by atoms with E-state index in [4.69, 9.17) is 0 Å². The van der Waals surface area contributed by atoms with Crippen molar-refractivity contribution in [2.24, 2.45) is 0 Å². The highest BCUT2D eigenvalue weighted by molar-refractivity contribution is 9.10. The number of anilines is 1. The number of fused-ring (bicyclic) bond motifs is 1. The molecule has 0 bridgehead atoms. The summed E-state index contributed by atoms with van der Waals surface area (Å²) in [4.78, 5) is 11.3. The van der Waals surface area contributed by atoms with E-state index in [-0.39, 0.29) is 0 Å². The van der Waals surface area contributed by atoms with Crippen LogP contribution in [0.5, 0.6) is 0 Å². The van der Waals surface area contributed by atoms with Gasteiger partial charge in [0.15, 0.2) is 0 Å². The van der Waals surface area contributed by atoms with Crippen LogP contribution in [0.25, 0.3) is 5.78 Å². The number of benzene rings is 2. The molecule has 0 saturated heterocycles. The van der Waals surface area contributed by atoms with Crippen LogP contribution in [0.3, 0.4) is 0 Å². The van der Waals surface area contributed by atoms with Gasteiger partial charge in [-0.1, -0.05) is 48.5 Å². The van der Waals surface area contributed by atoms with Crippen LogP contribution >= 0.6 is 15.9 Å².